The lowest BCUT2D eigenvalue weighted by molar-refractivity contribution is 0.0283. The highest BCUT2D eigenvalue weighted by molar-refractivity contribution is 5.68. The van der Waals surface area contributed by atoms with Crippen molar-refractivity contribution in [2.45, 2.75) is 32.3 Å². The average molecular weight is 295 g/mol. The molecule has 0 aromatic heterocycles. The van der Waals surface area contributed by atoms with Crippen molar-refractivity contribution in [2.75, 3.05) is 19.7 Å². The maximum absolute atomic E-state index is 13.0. The van der Waals surface area contributed by atoms with Gasteiger partial charge in [-0.2, -0.15) is 0 Å². The lowest BCUT2D eigenvalue weighted by Gasteiger charge is -2.24. The van der Waals surface area contributed by atoms with Crippen LogP contribution in [0.4, 0.5) is 9.18 Å². The van der Waals surface area contributed by atoms with Gasteiger partial charge in [0.2, 0.25) is 0 Å². The summed E-state index contributed by atoms with van der Waals surface area (Å²) in [5.41, 5.74) is 0.390. The highest BCUT2D eigenvalue weighted by atomic mass is 19.1. The van der Waals surface area contributed by atoms with Gasteiger partial charge in [-0.25, -0.2) is 9.18 Å². The molecule has 1 aliphatic rings. The van der Waals surface area contributed by atoms with Crippen molar-refractivity contribution < 1.29 is 19.0 Å². The number of hydrogen-bond acceptors (Lipinski definition) is 3. The summed E-state index contributed by atoms with van der Waals surface area (Å²) in [6.45, 7) is 6.38. The van der Waals surface area contributed by atoms with E-state index in [0.717, 1.165) is 5.56 Å². The molecule has 4 nitrogen and oxygen atoms in total. The molecule has 5 heteroatoms. The summed E-state index contributed by atoms with van der Waals surface area (Å²) < 4.78 is 18.4. The minimum atomic E-state index is -0.542. The first kappa shape index (κ1) is 15.8. The molecule has 0 saturated carbocycles. The minimum absolute atomic E-state index is 0.00289. The van der Waals surface area contributed by atoms with E-state index in [9.17, 15) is 14.3 Å². The van der Waals surface area contributed by atoms with Gasteiger partial charge in [-0.05, 0) is 38.5 Å². The summed E-state index contributed by atoms with van der Waals surface area (Å²) in [6.07, 6.45) is -0.370. The molecule has 1 fully saturated rings. The zero-order valence-corrected chi connectivity index (χ0v) is 12.7. The number of aliphatic hydroxyl groups is 1. The minimum Gasteiger partial charge on any atom is -0.444 e. The van der Waals surface area contributed by atoms with Crippen molar-refractivity contribution in [1.82, 2.24) is 4.90 Å². The number of carbonyl (C=O) groups excluding carboxylic acids is 1. The molecule has 1 amide bonds. The highest BCUT2D eigenvalue weighted by Gasteiger charge is 2.37. The number of nitrogens with zero attached hydrogens (tertiary/aromatic N) is 1. The Labute approximate surface area is 124 Å². The van der Waals surface area contributed by atoms with Crippen LogP contribution in [0.25, 0.3) is 0 Å². The van der Waals surface area contributed by atoms with Crippen LogP contribution in [0.15, 0.2) is 24.3 Å². The van der Waals surface area contributed by atoms with Gasteiger partial charge in [0.1, 0.15) is 11.4 Å². The zero-order chi connectivity index (χ0) is 15.6. The molecule has 1 aliphatic heterocycles. The Kier molecular flexibility index (Phi) is 4.52. The second kappa shape index (κ2) is 6.02. The van der Waals surface area contributed by atoms with E-state index in [1.54, 1.807) is 17.0 Å². The van der Waals surface area contributed by atoms with Gasteiger partial charge < -0.3 is 14.7 Å². The van der Waals surface area contributed by atoms with Gasteiger partial charge in [-0.3, -0.25) is 0 Å². The SMILES string of the molecule is CC(C)(C)OC(=O)N1C[C@H](CO)[C@H](c2ccc(F)cc2)C1. The molecule has 1 saturated heterocycles. The lowest BCUT2D eigenvalue weighted by atomic mass is 9.89. The molecule has 0 radical (unpaired) electrons. The molecule has 0 spiro atoms. The van der Waals surface area contributed by atoms with E-state index >= 15 is 0 Å². The molecule has 0 unspecified atom stereocenters. The van der Waals surface area contributed by atoms with E-state index in [-0.39, 0.29) is 30.4 Å². The maximum Gasteiger partial charge on any atom is 0.410 e. The second-order valence-electron chi connectivity index (χ2n) is 6.49. The van der Waals surface area contributed by atoms with Crippen molar-refractivity contribution in [1.29, 1.82) is 0 Å². The predicted octanol–water partition coefficient (Wildman–Crippen LogP) is 2.77. The van der Waals surface area contributed by atoms with E-state index in [0.29, 0.717) is 13.1 Å². The first-order chi connectivity index (χ1) is 9.80. The van der Waals surface area contributed by atoms with Gasteiger partial charge in [0.05, 0.1) is 0 Å². The number of amides is 1. The Morgan fingerprint density at radius 3 is 2.48 bits per heavy atom. The van der Waals surface area contributed by atoms with E-state index in [1.807, 2.05) is 20.8 Å². The van der Waals surface area contributed by atoms with Crippen molar-refractivity contribution >= 4 is 6.09 Å². The molecular formula is C16H22FNO3. The molecule has 0 aliphatic carbocycles. The summed E-state index contributed by atoms with van der Waals surface area (Å²) in [7, 11) is 0. The molecule has 1 N–H and O–H groups in total. The smallest absolute Gasteiger partial charge is 0.410 e. The number of aliphatic hydroxyl groups excluding tert-OH is 1. The second-order valence-corrected chi connectivity index (χ2v) is 6.49. The number of hydrogen-bond donors (Lipinski definition) is 1. The summed E-state index contributed by atoms with van der Waals surface area (Å²) in [5.74, 6) is -0.340. The Hall–Kier alpha value is -1.62. The van der Waals surface area contributed by atoms with Gasteiger partial charge in [0.15, 0.2) is 0 Å². The van der Waals surface area contributed by atoms with Gasteiger partial charge in [0, 0.05) is 31.5 Å². The van der Waals surface area contributed by atoms with E-state index in [1.165, 1.54) is 12.1 Å². The molecule has 116 valence electrons. The monoisotopic (exact) mass is 295 g/mol. The summed E-state index contributed by atoms with van der Waals surface area (Å²) in [4.78, 5) is 13.7. The first-order valence-electron chi connectivity index (χ1n) is 7.14. The molecule has 2 rings (SSSR count). The lowest BCUT2D eigenvalue weighted by Crippen LogP contribution is -2.35. The fraction of sp³-hybridized carbons (Fsp3) is 0.562. The molecule has 1 aromatic rings. The normalized spacial score (nSPS) is 22.4. The van der Waals surface area contributed by atoms with E-state index in [2.05, 4.69) is 0 Å². The van der Waals surface area contributed by atoms with Crippen LogP contribution in [-0.4, -0.2) is 41.4 Å². The Bertz CT molecular complexity index is 495. The molecule has 2 atom stereocenters. The largest absolute Gasteiger partial charge is 0.444 e. The zero-order valence-electron chi connectivity index (χ0n) is 12.7. The van der Waals surface area contributed by atoms with Crippen molar-refractivity contribution in [3.63, 3.8) is 0 Å². The summed E-state index contributed by atoms with van der Waals surface area (Å²) in [5, 5.41) is 9.53. The van der Waals surface area contributed by atoms with Crippen LogP contribution < -0.4 is 0 Å². The number of ether oxygens (including phenoxy) is 1. The highest BCUT2D eigenvalue weighted by Crippen LogP contribution is 2.33. The third-order valence-electron chi connectivity index (χ3n) is 3.63. The molecule has 1 heterocycles. The van der Waals surface area contributed by atoms with Crippen LogP contribution in [0.2, 0.25) is 0 Å². The van der Waals surface area contributed by atoms with Gasteiger partial charge in [0.25, 0.3) is 0 Å². The average Bonchev–Trinajstić information content (AvgIpc) is 2.82. The standard InChI is InChI=1S/C16H22FNO3/c1-16(2,3)21-15(20)18-8-12(10-19)14(9-18)11-4-6-13(17)7-5-11/h4-7,12,14,19H,8-10H2,1-3H3/t12-,14+/m1/s1. The molecule has 1 aromatic carbocycles. The Morgan fingerprint density at radius 1 is 1.33 bits per heavy atom. The number of carbonyl (C=O) groups is 1. The van der Waals surface area contributed by atoms with E-state index < -0.39 is 5.60 Å². The molecule has 21 heavy (non-hydrogen) atoms. The number of benzene rings is 1. The van der Waals surface area contributed by atoms with Gasteiger partial charge >= 0.3 is 6.09 Å². The van der Waals surface area contributed by atoms with E-state index in [4.69, 9.17) is 4.74 Å². The maximum atomic E-state index is 13.0. The molecular weight excluding hydrogens is 273 g/mol. The van der Waals surface area contributed by atoms with Crippen molar-refractivity contribution in [3.8, 4) is 0 Å². The van der Waals surface area contributed by atoms with Gasteiger partial charge in [-0.15, -0.1) is 0 Å². The number of rotatable bonds is 2. The number of halogens is 1. The van der Waals surface area contributed by atoms with Crippen LogP contribution >= 0.6 is 0 Å². The molecule has 0 bridgehead atoms. The number of likely N-dealkylation sites (tertiary alicyclic amines) is 1. The van der Waals surface area contributed by atoms with Crippen LogP contribution in [0, 0.1) is 11.7 Å². The fourth-order valence-corrected chi connectivity index (χ4v) is 2.62. The van der Waals surface area contributed by atoms with Crippen LogP contribution in [-0.2, 0) is 4.74 Å². The Morgan fingerprint density at radius 2 is 1.95 bits per heavy atom. The van der Waals surface area contributed by atoms with Gasteiger partial charge in [-0.1, -0.05) is 12.1 Å². The Balaban J connectivity index is 2.10. The van der Waals surface area contributed by atoms with Crippen LogP contribution in [0.3, 0.4) is 0 Å². The van der Waals surface area contributed by atoms with Crippen LogP contribution in [0.5, 0.6) is 0 Å². The summed E-state index contributed by atoms with van der Waals surface area (Å²) >= 11 is 0. The fourth-order valence-electron chi connectivity index (χ4n) is 2.62. The topological polar surface area (TPSA) is 49.8 Å². The third kappa shape index (κ3) is 3.94. The predicted molar refractivity (Wildman–Crippen MR) is 77.5 cm³/mol. The van der Waals surface area contributed by atoms with Crippen molar-refractivity contribution in [3.05, 3.63) is 35.6 Å². The van der Waals surface area contributed by atoms with Crippen molar-refractivity contribution in [2.24, 2.45) is 5.92 Å². The van der Waals surface area contributed by atoms with Crippen LogP contribution in [0.1, 0.15) is 32.3 Å². The third-order valence-corrected chi connectivity index (χ3v) is 3.63. The first-order valence-corrected chi connectivity index (χ1v) is 7.14. The summed E-state index contributed by atoms with van der Waals surface area (Å²) in [6, 6.07) is 6.22. The quantitative estimate of drug-likeness (QED) is 0.912.